The van der Waals surface area contributed by atoms with Gasteiger partial charge < -0.3 is 4.89 Å². The number of hydrogen-bond acceptors (Lipinski definition) is 3. The van der Waals surface area contributed by atoms with Crippen molar-refractivity contribution in [2.75, 3.05) is 11.8 Å². The topological polar surface area (TPSA) is 55.8 Å². The fraction of sp³-hybridized carbons (Fsp3) is 1.00. The van der Waals surface area contributed by atoms with Crippen LogP contribution in [-0.2, 0) is 13.6 Å². The van der Waals surface area contributed by atoms with Crippen LogP contribution in [0.25, 0.3) is 0 Å². The first-order valence-corrected chi connectivity index (χ1v) is 6.44. The maximum absolute atomic E-state index is 11.0. The van der Waals surface area contributed by atoms with E-state index < -0.39 is 18.9 Å². The molecule has 0 spiro atoms. The summed E-state index contributed by atoms with van der Waals surface area (Å²) in [6, 6.07) is 0. The number of phosphoric ester groups is 1. The van der Waals surface area contributed by atoms with Crippen molar-refractivity contribution in [1.29, 1.82) is 0 Å². The van der Waals surface area contributed by atoms with E-state index in [2.05, 4.69) is 9.05 Å². The molecule has 9 heteroatoms. The standard InChI is InChI=1S/C4H7Cl4O4P/c5-1-3(7)11-13(9,10)12-4(8)2-6/h3-4H,1-2H2,(H,9,10). The Labute approximate surface area is 95.6 Å². The molecule has 0 fully saturated rings. The van der Waals surface area contributed by atoms with Gasteiger partial charge in [-0.3, -0.25) is 9.05 Å². The lowest BCUT2D eigenvalue weighted by Gasteiger charge is -2.16. The van der Waals surface area contributed by atoms with Gasteiger partial charge in [0, 0.05) is 0 Å². The molecule has 0 aromatic heterocycles. The summed E-state index contributed by atoms with van der Waals surface area (Å²) in [6.45, 7) is 0. The van der Waals surface area contributed by atoms with Crippen LogP contribution in [0.2, 0.25) is 0 Å². The van der Waals surface area contributed by atoms with Gasteiger partial charge in [0.25, 0.3) is 0 Å². The van der Waals surface area contributed by atoms with Crippen molar-refractivity contribution in [1.82, 2.24) is 0 Å². The van der Waals surface area contributed by atoms with Gasteiger partial charge >= 0.3 is 7.82 Å². The fourth-order valence-corrected chi connectivity index (χ4v) is 2.05. The van der Waals surface area contributed by atoms with Crippen LogP contribution < -0.4 is 0 Å². The molecule has 0 saturated heterocycles. The Balaban J connectivity index is 4.00. The average Bonchev–Trinajstić information content (AvgIpc) is 2.02. The van der Waals surface area contributed by atoms with Crippen LogP contribution in [0.3, 0.4) is 0 Å². The number of alkyl halides is 4. The zero-order valence-electron chi connectivity index (χ0n) is 6.20. The first-order chi connectivity index (χ1) is 5.91. The third kappa shape index (κ3) is 7.23. The molecule has 0 aliphatic heterocycles. The Bertz CT molecular complexity index is 175. The minimum absolute atomic E-state index is 0.150. The molecule has 1 N–H and O–H groups in total. The highest BCUT2D eigenvalue weighted by molar-refractivity contribution is 7.47. The van der Waals surface area contributed by atoms with Crippen LogP contribution in [0.1, 0.15) is 0 Å². The van der Waals surface area contributed by atoms with Gasteiger partial charge in [0.05, 0.1) is 11.8 Å². The molecule has 0 aliphatic carbocycles. The Hall–Kier alpha value is 1.27. The second-order valence-corrected chi connectivity index (χ2v) is 4.76. The smallest absolute Gasteiger partial charge is 0.302 e. The number of rotatable bonds is 6. The van der Waals surface area contributed by atoms with Gasteiger partial charge in [-0.25, -0.2) is 4.57 Å². The van der Waals surface area contributed by atoms with Gasteiger partial charge in [-0.15, -0.1) is 23.2 Å². The van der Waals surface area contributed by atoms with E-state index in [9.17, 15) is 4.57 Å². The van der Waals surface area contributed by atoms with Crippen LogP contribution in [0, 0.1) is 0 Å². The summed E-state index contributed by atoms with van der Waals surface area (Å²) in [5, 5.41) is 0. The molecule has 0 rings (SSSR count). The van der Waals surface area contributed by atoms with E-state index in [-0.39, 0.29) is 11.8 Å². The second-order valence-electron chi connectivity index (χ2n) is 1.81. The van der Waals surface area contributed by atoms with Gasteiger partial charge in [0.1, 0.15) is 0 Å². The van der Waals surface area contributed by atoms with Crippen molar-refractivity contribution in [3.8, 4) is 0 Å². The molecule has 0 radical (unpaired) electrons. The van der Waals surface area contributed by atoms with Crippen molar-refractivity contribution in [2.24, 2.45) is 0 Å². The third-order valence-electron chi connectivity index (χ3n) is 0.738. The lowest BCUT2D eigenvalue weighted by Crippen LogP contribution is -2.11. The van der Waals surface area contributed by atoms with Crippen molar-refractivity contribution in [3.63, 3.8) is 0 Å². The molecule has 2 unspecified atom stereocenters. The molecule has 0 amide bonds. The minimum atomic E-state index is -4.27. The van der Waals surface area contributed by atoms with Crippen molar-refractivity contribution in [2.45, 2.75) is 11.1 Å². The Morgan fingerprint density at radius 1 is 1.15 bits per heavy atom. The van der Waals surface area contributed by atoms with Gasteiger partial charge in [0.2, 0.25) is 0 Å². The van der Waals surface area contributed by atoms with Crippen molar-refractivity contribution >= 4 is 54.2 Å². The van der Waals surface area contributed by atoms with E-state index in [1.54, 1.807) is 0 Å². The summed E-state index contributed by atoms with van der Waals surface area (Å²) in [5.74, 6) is -0.299. The highest BCUT2D eigenvalue weighted by Gasteiger charge is 2.28. The van der Waals surface area contributed by atoms with Crippen LogP contribution in [0.4, 0.5) is 0 Å². The van der Waals surface area contributed by atoms with E-state index in [4.69, 9.17) is 51.3 Å². The Morgan fingerprint density at radius 2 is 1.46 bits per heavy atom. The predicted molar refractivity (Wildman–Crippen MR) is 52.7 cm³/mol. The molecule has 4 nitrogen and oxygen atoms in total. The molecule has 0 saturated carbocycles. The average molecular weight is 292 g/mol. The second kappa shape index (κ2) is 6.70. The number of hydrogen-bond donors (Lipinski definition) is 1. The lowest BCUT2D eigenvalue weighted by molar-refractivity contribution is 0.138. The molecule has 0 aromatic rings. The van der Waals surface area contributed by atoms with E-state index >= 15 is 0 Å². The monoisotopic (exact) mass is 290 g/mol. The van der Waals surface area contributed by atoms with Crippen molar-refractivity contribution in [3.05, 3.63) is 0 Å². The van der Waals surface area contributed by atoms with Gasteiger partial charge in [0.15, 0.2) is 11.1 Å². The van der Waals surface area contributed by atoms with Crippen molar-refractivity contribution < 1.29 is 18.5 Å². The summed E-state index contributed by atoms with van der Waals surface area (Å²) in [5.41, 5.74) is -2.23. The summed E-state index contributed by atoms with van der Waals surface area (Å²) < 4.78 is 19.7. The Kier molecular flexibility index (Phi) is 7.35. The minimum Gasteiger partial charge on any atom is -0.302 e. The number of halogens is 4. The van der Waals surface area contributed by atoms with E-state index in [0.29, 0.717) is 0 Å². The predicted octanol–water partition coefficient (Wildman–Crippen LogP) is 2.73. The molecule has 0 aromatic carbocycles. The summed E-state index contributed by atoms with van der Waals surface area (Å²) >= 11 is 21.1. The van der Waals surface area contributed by atoms with Crippen LogP contribution in [-0.4, -0.2) is 27.8 Å². The quantitative estimate of drug-likeness (QED) is 0.604. The normalized spacial score (nSPS) is 20.7. The van der Waals surface area contributed by atoms with Crippen LogP contribution in [0.15, 0.2) is 0 Å². The highest BCUT2D eigenvalue weighted by atomic mass is 35.5. The van der Waals surface area contributed by atoms with Gasteiger partial charge in [-0.2, -0.15) is 0 Å². The highest BCUT2D eigenvalue weighted by Crippen LogP contribution is 2.47. The van der Waals surface area contributed by atoms with Gasteiger partial charge in [-0.05, 0) is 0 Å². The summed E-state index contributed by atoms with van der Waals surface area (Å²) in [4.78, 5) is 8.94. The van der Waals surface area contributed by atoms with E-state index in [0.717, 1.165) is 0 Å². The van der Waals surface area contributed by atoms with Gasteiger partial charge in [-0.1, -0.05) is 23.2 Å². The maximum atomic E-state index is 11.0. The first-order valence-electron chi connectivity index (χ1n) is 3.01. The maximum Gasteiger partial charge on any atom is 0.475 e. The van der Waals surface area contributed by atoms with E-state index in [1.165, 1.54) is 0 Å². The Morgan fingerprint density at radius 3 is 1.69 bits per heavy atom. The third-order valence-corrected chi connectivity index (χ3v) is 3.39. The van der Waals surface area contributed by atoms with Crippen LogP contribution in [0.5, 0.6) is 0 Å². The number of phosphoric acid groups is 1. The zero-order chi connectivity index (χ0) is 10.5. The molecule has 13 heavy (non-hydrogen) atoms. The molecule has 80 valence electrons. The SMILES string of the molecule is O=P(O)(OC(Cl)CCl)OC(Cl)CCl. The molecule has 0 heterocycles. The first kappa shape index (κ1) is 14.3. The molecule has 2 atom stereocenters. The molecular weight excluding hydrogens is 285 g/mol. The molecule has 0 aliphatic rings. The fourth-order valence-electron chi connectivity index (χ4n) is 0.370. The summed E-state index contributed by atoms with van der Waals surface area (Å²) in [7, 11) is -4.27. The zero-order valence-corrected chi connectivity index (χ0v) is 10.1. The molecular formula is C4H7Cl4O4P. The summed E-state index contributed by atoms with van der Waals surface area (Å²) in [6.07, 6.45) is 0. The lowest BCUT2D eigenvalue weighted by atomic mass is 10.9. The largest absolute Gasteiger partial charge is 0.475 e. The van der Waals surface area contributed by atoms with E-state index in [1.807, 2.05) is 0 Å². The molecule has 0 bridgehead atoms. The van der Waals surface area contributed by atoms with Crippen LogP contribution >= 0.6 is 54.2 Å².